The van der Waals surface area contributed by atoms with Crippen molar-refractivity contribution in [3.63, 3.8) is 0 Å². The second kappa shape index (κ2) is 2.61. The smallest absolute Gasteiger partial charge is 0.330 e. The van der Waals surface area contributed by atoms with E-state index in [-0.39, 0.29) is 23.5 Å². The summed E-state index contributed by atoms with van der Waals surface area (Å²) >= 11 is 0. The summed E-state index contributed by atoms with van der Waals surface area (Å²) < 4.78 is 21.5. The molecule has 1 N–H and O–H groups in total. The molecule has 0 radical (unpaired) electrons. The minimum atomic E-state index is -1.48. The molecule has 3 fully saturated rings. The van der Waals surface area contributed by atoms with Crippen molar-refractivity contribution in [2.75, 3.05) is 20.3 Å². The molecule has 5 heteroatoms. The standard InChI is InChI=1S/C11H14O5/c1-13-3-6-4-14-11(12)9-7(6)2-8-10(9,16-8)5-15-11/h4,7-9,12H,2-3,5H2,1H3/t7-,8+,9+,10+,11+/m1/s1. The van der Waals surface area contributed by atoms with Crippen LogP contribution in [0, 0.1) is 11.8 Å². The summed E-state index contributed by atoms with van der Waals surface area (Å²) in [6, 6.07) is 0. The quantitative estimate of drug-likeness (QED) is 0.671. The van der Waals surface area contributed by atoms with E-state index in [1.807, 2.05) is 0 Å². The van der Waals surface area contributed by atoms with E-state index in [4.69, 9.17) is 18.9 Å². The number of aliphatic hydroxyl groups is 1. The molecule has 5 nitrogen and oxygen atoms in total. The van der Waals surface area contributed by atoms with Gasteiger partial charge in [0.2, 0.25) is 0 Å². The molecule has 0 aromatic carbocycles. The Morgan fingerprint density at radius 3 is 3.31 bits per heavy atom. The Morgan fingerprint density at radius 2 is 2.50 bits per heavy atom. The highest BCUT2D eigenvalue weighted by atomic mass is 16.8. The summed E-state index contributed by atoms with van der Waals surface area (Å²) in [6.45, 7) is 0.976. The average molecular weight is 226 g/mol. The van der Waals surface area contributed by atoms with Crippen molar-refractivity contribution in [1.29, 1.82) is 0 Å². The Kier molecular flexibility index (Phi) is 1.54. The Labute approximate surface area is 92.9 Å². The second-order valence-electron chi connectivity index (χ2n) is 5.04. The first-order valence-corrected chi connectivity index (χ1v) is 5.59. The second-order valence-corrected chi connectivity index (χ2v) is 5.04. The van der Waals surface area contributed by atoms with Crippen molar-refractivity contribution in [3.8, 4) is 0 Å². The largest absolute Gasteiger partial charge is 0.447 e. The average Bonchev–Trinajstić information content (AvgIpc) is 2.71. The molecule has 88 valence electrons. The number of rotatable bonds is 2. The van der Waals surface area contributed by atoms with Crippen LogP contribution in [-0.2, 0) is 18.9 Å². The monoisotopic (exact) mass is 226 g/mol. The van der Waals surface area contributed by atoms with Gasteiger partial charge in [0.15, 0.2) is 0 Å². The van der Waals surface area contributed by atoms with E-state index in [2.05, 4.69) is 0 Å². The molecule has 0 aromatic rings. The van der Waals surface area contributed by atoms with Crippen molar-refractivity contribution < 1.29 is 24.1 Å². The van der Waals surface area contributed by atoms with Crippen LogP contribution in [0.1, 0.15) is 6.42 Å². The van der Waals surface area contributed by atoms with Crippen LogP contribution in [-0.4, -0.2) is 43.1 Å². The predicted molar refractivity (Wildman–Crippen MR) is 51.1 cm³/mol. The van der Waals surface area contributed by atoms with E-state index in [1.54, 1.807) is 13.4 Å². The van der Waals surface area contributed by atoms with Gasteiger partial charge in [0.1, 0.15) is 5.60 Å². The van der Waals surface area contributed by atoms with E-state index in [0.29, 0.717) is 13.2 Å². The van der Waals surface area contributed by atoms with Gasteiger partial charge in [-0.05, 0) is 12.0 Å². The van der Waals surface area contributed by atoms with Crippen LogP contribution >= 0.6 is 0 Å². The molecule has 16 heavy (non-hydrogen) atoms. The van der Waals surface area contributed by atoms with Crippen LogP contribution in [0.4, 0.5) is 0 Å². The highest BCUT2D eigenvalue weighted by molar-refractivity contribution is 5.29. The molecular weight excluding hydrogens is 212 g/mol. The third kappa shape index (κ3) is 0.876. The maximum absolute atomic E-state index is 10.3. The van der Waals surface area contributed by atoms with Gasteiger partial charge in [0.05, 0.1) is 31.5 Å². The lowest BCUT2D eigenvalue weighted by Crippen LogP contribution is -2.46. The van der Waals surface area contributed by atoms with Gasteiger partial charge in [0, 0.05) is 13.0 Å². The molecule has 4 rings (SSSR count). The van der Waals surface area contributed by atoms with E-state index >= 15 is 0 Å². The zero-order chi connectivity index (χ0) is 11.0. The predicted octanol–water partition coefficient (Wildman–Crippen LogP) is -0.00310. The topological polar surface area (TPSA) is 60.5 Å². The zero-order valence-electron chi connectivity index (χ0n) is 9.01. The Bertz CT molecular complexity index is 381. The van der Waals surface area contributed by atoms with Crippen LogP contribution in [0.5, 0.6) is 0 Å². The van der Waals surface area contributed by atoms with Gasteiger partial charge < -0.3 is 24.1 Å². The number of ether oxygens (including phenoxy) is 4. The molecule has 3 heterocycles. The molecule has 1 saturated carbocycles. The molecular formula is C11H14O5. The summed E-state index contributed by atoms with van der Waals surface area (Å²) in [7, 11) is 1.66. The van der Waals surface area contributed by atoms with Crippen molar-refractivity contribution in [1.82, 2.24) is 0 Å². The van der Waals surface area contributed by atoms with Crippen molar-refractivity contribution in [2.45, 2.75) is 24.1 Å². The van der Waals surface area contributed by atoms with Gasteiger partial charge in [-0.25, -0.2) is 0 Å². The van der Waals surface area contributed by atoms with Crippen LogP contribution in [0.2, 0.25) is 0 Å². The number of epoxide rings is 1. The van der Waals surface area contributed by atoms with E-state index < -0.39 is 5.97 Å². The molecule has 0 bridgehead atoms. The fourth-order valence-electron chi connectivity index (χ4n) is 3.57. The molecule has 0 unspecified atom stereocenters. The minimum absolute atomic E-state index is 0.0971. The van der Waals surface area contributed by atoms with Crippen LogP contribution < -0.4 is 0 Å². The van der Waals surface area contributed by atoms with Crippen molar-refractivity contribution in [3.05, 3.63) is 11.8 Å². The molecule has 2 saturated heterocycles. The van der Waals surface area contributed by atoms with Gasteiger partial charge in [0.25, 0.3) is 0 Å². The molecule has 1 spiro atoms. The summed E-state index contributed by atoms with van der Waals surface area (Å²) in [5.41, 5.74) is 0.810. The molecule has 3 aliphatic heterocycles. The van der Waals surface area contributed by atoms with Crippen LogP contribution in [0.25, 0.3) is 0 Å². The first kappa shape index (κ1) is 9.41. The number of methoxy groups -OCH3 is 1. The summed E-state index contributed by atoms with van der Waals surface area (Å²) in [5, 5.41) is 10.3. The number of hydrogen-bond donors (Lipinski definition) is 1. The van der Waals surface area contributed by atoms with Gasteiger partial charge in [-0.2, -0.15) is 0 Å². The van der Waals surface area contributed by atoms with E-state index in [9.17, 15) is 5.11 Å². The lowest BCUT2D eigenvalue weighted by Gasteiger charge is -2.36. The fraction of sp³-hybridized carbons (Fsp3) is 0.818. The third-order valence-electron chi connectivity index (χ3n) is 4.31. The first-order valence-electron chi connectivity index (χ1n) is 5.59. The van der Waals surface area contributed by atoms with E-state index in [1.165, 1.54) is 0 Å². The SMILES string of the molecule is COCC1=CO[C@]2(O)OC[C@]34O[C@H]3C[C@H]1[C@H]24. The summed E-state index contributed by atoms with van der Waals surface area (Å²) in [6.07, 6.45) is 2.75. The maximum atomic E-state index is 10.3. The molecule has 4 aliphatic rings. The maximum Gasteiger partial charge on any atom is 0.330 e. The third-order valence-corrected chi connectivity index (χ3v) is 4.31. The van der Waals surface area contributed by atoms with Crippen molar-refractivity contribution in [2.24, 2.45) is 11.8 Å². The molecule has 0 amide bonds. The highest BCUT2D eigenvalue weighted by Gasteiger charge is 2.80. The molecule has 5 atom stereocenters. The van der Waals surface area contributed by atoms with Crippen LogP contribution in [0.3, 0.4) is 0 Å². The van der Waals surface area contributed by atoms with E-state index in [0.717, 1.165) is 12.0 Å². The number of hydrogen-bond acceptors (Lipinski definition) is 5. The van der Waals surface area contributed by atoms with Gasteiger partial charge in [-0.15, -0.1) is 0 Å². The molecule has 0 aromatic heterocycles. The summed E-state index contributed by atoms with van der Waals surface area (Å²) in [4.78, 5) is 0. The van der Waals surface area contributed by atoms with Gasteiger partial charge in [-0.3, -0.25) is 0 Å². The first-order chi connectivity index (χ1) is 7.70. The molecule has 1 aliphatic carbocycles. The Balaban J connectivity index is 1.74. The zero-order valence-corrected chi connectivity index (χ0v) is 9.01. The fourth-order valence-corrected chi connectivity index (χ4v) is 3.57. The lowest BCUT2D eigenvalue weighted by molar-refractivity contribution is -0.348. The van der Waals surface area contributed by atoms with Gasteiger partial charge in [-0.1, -0.05) is 0 Å². The lowest BCUT2D eigenvalue weighted by atomic mass is 9.82. The Hall–Kier alpha value is -0.620. The van der Waals surface area contributed by atoms with Crippen LogP contribution in [0.15, 0.2) is 11.8 Å². The van der Waals surface area contributed by atoms with Crippen molar-refractivity contribution >= 4 is 0 Å². The summed E-state index contributed by atoms with van der Waals surface area (Å²) in [5.74, 6) is -1.31. The van der Waals surface area contributed by atoms with Gasteiger partial charge >= 0.3 is 5.97 Å². The normalized spacial score (nSPS) is 56.4. The Morgan fingerprint density at radius 1 is 1.62 bits per heavy atom. The minimum Gasteiger partial charge on any atom is -0.447 e. The highest BCUT2D eigenvalue weighted by Crippen LogP contribution is 2.66.